The third-order valence-electron chi connectivity index (χ3n) is 2.81. The van der Waals surface area contributed by atoms with Crippen LogP contribution in [-0.4, -0.2) is 17.9 Å². The molecule has 0 aromatic heterocycles. The second-order valence-electron chi connectivity index (χ2n) is 4.20. The van der Waals surface area contributed by atoms with Crippen molar-refractivity contribution in [2.45, 2.75) is 0 Å². The fourth-order valence-electron chi connectivity index (χ4n) is 1.82. The second-order valence-corrected chi connectivity index (χ2v) is 4.64. The van der Waals surface area contributed by atoms with Crippen LogP contribution in [0.5, 0.6) is 0 Å². The molecule has 0 atom stereocenters. The summed E-state index contributed by atoms with van der Waals surface area (Å²) in [6, 6.07) is 10.7. The van der Waals surface area contributed by atoms with Gasteiger partial charge in [-0.1, -0.05) is 17.7 Å². The number of amides is 1. The van der Waals surface area contributed by atoms with Gasteiger partial charge in [-0.2, -0.15) is 0 Å². The Hall–Kier alpha value is -2.60. The predicted molar refractivity (Wildman–Crippen MR) is 82.0 cm³/mol. The number of carbonyl (C=O) groups is 1. The third-order valence-corrected chi connectivity index (χ3v) is 3.05. The van der Waals surface area contributed by atoms with Crippen molar-refractivity contribution in [1.29, 1.82) is 0 Å². The Labute approximate surface area is 125 Å². The lowest BCUT2D eigenvalue weighted by Gasteiger charge is -2.10. The minimum atomic E-state index is -0.546. The Balaban J connectivity index is 2.33. The van der Waals surface area contributed by atoms with E-state index in [1.165, 1.54) is 18.2 Å². The number of nitrogens with zero attached hydrogens (tertiary/aromatic N) is 1. The molecule has 0 aliphatic heterocycles. The zero-order valence-electron chi connectivity index (χ0n) is 11.1. The normalized spacial score (nSPS) is 10.0. The van der Waals surface area contributed by atoms with E-state index in [9.17, 15) is 14.9 Å². The number of nitrogens with one attached hydrogen (secondary N) is 2. The molecule has 21 heavy (non-hydrogen) atoms. The first kappa shape index (κ1) is 14.8. The maximum absolute atomic E-state index is 12.3. The van der Waals surface area contributed by atoms with E-state index in [1.807, 2.05) is 0 Å². The van der Waals surface area contributed by atoms with Crippen molar-refractivity contribution in [2.24, 2.45) is 0 Å². The van der Waals surface area contributed by atoms with Gasteiger partial charge in [-0.25, -0.2) is 0 Å². The molecule has 1 amide bonds. The molecule has 0 saturated heterocycles. The molecule has 0 heterocycles. The average molecular weight is 306 g/mol. The first-order chi connectivity index (χ1) is 10.0. The van der Waals surface area contributed by atoms with E-state index in [1.54, 1.807) is 31.3 Å². The smallest absolute Gasteiger partial charge is 0.270 e. The van der Waals surface area contributed by atoms with E-state index in [4.69, 9.17) is 11.6 Å². The van der Waals surface area contributed by atoms with Gasteiger partial charge in [-0.3, -0.25) is 14.9 Å². The lowest BCUT2D eigenvalue weighted by Crippen LogP contribution is -2.14. The van der Waals surface area contributed by atoms with Gasteiger partial charge >= 0.3 is 0 Å². The predicted octanol–water partition coefficient (Wildman–Crippen LogP) is 3.54. The van der Waals surface area contributed by atoms with Gasteiger partial charge in [0.25, 0.3) is 11.6 Å². The molecule has 0 bridgehead atoms. The standard InChI is InChI=1S/C14H12ClN3O3/c1-16-13-6-5-11(18(20)21)8-12(13)14(19)17-10-4-2-3-9(15)7-10/h2-8,16H,1H3,(H,17,19). The molecule has 0 fully saturated rings. The summed E-state index contributed by atoms with van der Waals surface area (Å²) in [6.07, 6.45) is 0. The Bertz CT molecular complexity index is 704. The summed E-state index contributed by atoms with van der Waals surface area (Å²) < 4.78 is 0. The van der Waals surface area contributed by atoms with Gasteiger partial charge in [0.15, 0.2) is 0 Å². The Morgan fingerprint density at radius 3 is 2.62 bits per heavy atom. The highest BCUT2D eigenvalue weighted by Gasteiger charge is 2.16. The molecule has 6 nitrogen and oxygen atoms in total. The van der Waals surface area contributed by atoms with Crippen LogP contribution in [-0.2, 0) is 0 Å². The van der Waals surface area contributed by atoms with Crippen LogP contribution in [0.15, 0.2) is 42.5 Å². The summed E-state index contributed by atoms with van der Waals surface area (Å²) in [7, 11) is 1.64. The van der Waals surface area contributed by atoms with Crippen LogP contribution >= 0.6 is 11.6 Å². The zero-order chi connectivity index (χ0) is 15.4. The minimum absolute atomic E-state index is 0.148. The van der Waals surface area contributed by atoms with Gasteiger partial charge < -0.3 is 10.6 Å². The van der Waals surface area contributed by atoms with Crippen molar-refractivity contribution in [3.63, 3.8) is 0 Å². The Morgan fingerprint density at radius 2 is 2.00 bits per heavy atom. The maximum Gasteiger partial charge on any atom is 0.270 e. The van der Waals surface area contributed by atoms with Crippen LogP contribution in [0.1, 0.15) is 10.4 Å². The molecular formula is C14H12ClN3O3. The molecule has 0 aliphatic carbocycles. The highest BCUT2D eigenvalue weighted by atomic mass is 35.5. The molecule has 0 radical (unpaired) electrons. The number of non-ortho nitro benzene ring substituents is 1. The number of nitro benzene ring substituents is 1. The van der Waals surface area contributed by atoms with Gasteiger partial charge in [0.05, 0.1) is 10.5 Å². The topological polar surface area (TPSA) is 84.3 Å². The van der Waals surface area contributed by atoms with Gasteiger partial charge in [-0.15, -0.1) is 0 Å². The molecular weight excluding hydrogens is 294 g/mol. The fraction of sp³-hybridized carbons (Fsp3) is 0.0714. The van der Waals surface area contributed by atoms with Crippen molar-refractivity contribution in [3.05, 3.63) is 63.2 Å². The summed E-state index contributed by atoms with van der Waals surface area (Å²) in [5, 5.41) is 16.8. The van der Waals surface area contributed by atoms with Crippen LogP contribution in [0.2, 0.25) is 5.02 Å². The van der Waals surface area contributed by atoms with Crippen LogP contribution in [0.3, 0.4) is 0 Å². The number of nitro groups is 1. The monoisotopic (exact) mass is 305 g/mol. The lowest BCUT2D eigenvalue weighted by molar-refractivity contribution is -0.384. The van der Waals surface area contributed by atoms with Crippen molar-refractivity contribution in [2.75, 3.05) is 17.7 Å². The molecule has 0 unspecified atom stereocenters. The number of anilines is 2. The first-order valence-electron chi connectivity index (χ1n) is 6.04. The fourth-order valence-corrected chi connectivity index (χ4v) is 2.01. The molecule has 7 heteroatoms. The lowest BCUT2D eigenvalue weighted by atomic mass is 10.1. The number of hydrogen-bond donors (Lipinski definition) is 2. The van der Waals surface area contributed by atoms with E-state index < -0.39 is 10.8 Å². The summed E-state index contributed by atoms with van der Waals surface area (Å²) in [5.74, 6) is -0.453. The van der Waals surface area contributed by atoms with E-state index in [-0.39, 0.29) is 11.3 Å². The molecule has 2 N–H and O–H groups in total. The van der Waals surface area contributed by atoms with Crippen LogP contribution < -0.4 is 10.6 Å². The van der Waals surface area contributed by atoms with Crippen molar-refractivity contribution < 1.29 is 9.72 Å². The highest BCUT2D eigenvalue weighted by Crippen LogP contribution is 2.23. The van der Waals surface area contributed by atoms with Crippen molar-refractivity contribution >= 4 is 34.6 Å². The van der Waals surface area contributed by atoms with Crippen molar-refractivity contribution in [1.82, 2.24) is 0 Å². The minimum Gasteiger partial charge on any atom is -0.387 e. The summed E-state index contributed by atoms with van der Waals surface area (Å²) in [6.45, 7) is 0. The zero-order valence-corrected chi connectivity index (χ0v) is 11.8. The quantitative estimate of drug-likeness (QED) is 0.668. The summed E-state index contributed by atoms with van der Waals surface area (Å²) in [4.78, 5) is 22.5. The van der Waals surface area contributed by atoms with Gasteiger partial charge in [0.2, 0.25) is 0 Å². The Morgan fingerprint density at radius 1 is 1.24 bits per heavy atom. The number of hydrogen-bond acceptors (Lipinski definition) is 4. The van der Waals surface area contributed by atoms with E-state index in [0.717, 1.165) is 0 Å². The van der Waals surface area contributed by atoms with Crippen molar-refractivity contribution in [3.8, 4) is 0 Å². The van der Waals surface area contributed by atoms with Gasteiger partial charge in [0.1, 0.15) is 0 Å². The number of halogens is 1. The number of carbonyl (C=O) groups excluding carboxylic acids is 1. The SMILES string of the molecule is CNc1ccc([N+](=O)[O-])cc1C(=O)Nc1cccc(Cl)c1. The molecule has 0 spiro atoms. The molecule has 0 aliphatic rings. The van der Waals surface area contributed by atoms with Gasteiger partial charge in [0, 0.05) is 35.6 Å². The molecule has 0 saturated carbocycles. The largest absolute Gasteiger partial charge is 0.387 e. The van der Waals surface area contributed by atoms with Crippen LogP contribution in [0.4, 0.5) is 17.1 Å². The van der Waals surface area contributed by atoms with E-state index in [0.29, 0.717) is 16.4 Å². The first-order valence-corrected chi connectivity index (χ1v) is 6.42. The summed E-state index contributed by atoms with van der Waals surface area (Å²) in [5.41, 5.74) is 1.05. The van der Waals surface area contributed by atoms with E-state index >= 15 is 0 Å². The molecule has 2 aromatic carbocycles. The van der Waals surface area contributed by atoms with E-state index in [2.05, 4.69) is 10.6 Å². The average Bonchev–Trinajstić information content (AvgIpc) is 2.46. The van der Waals surface area contributed by atoms with Gasteiger partial charge in [-0.05, 0) is 24.3 Å². The highest BCUT2D eigenvalue weighted by molar-refractivity contribution is 6.31. The van der Waals surface area contributed by atoms with Crippen LogP contribution in [0.25, 0.3) is 0 Å². The Kier molecular flexibility index (Phi) is 4.39. The molecule has 108 valence electrons. The molecule has 2 aromatic rings. The second kappa shape index (κ2) is 6.23. The summed E-state index contributed by atoms with van der Waals surface area (Å²) >= 11 is 5.85. The van der Waals surface area contributed by atoms with Crippen LogP contribution in [0, 0.1) is 10.1 Å². The maximum atomic E-state index is 12.3. The number of rotatable bonds is 4. The number of benzene rings is 2. The third kappa shape index (κ3) is 3.49. The molecule has 2 rings (SSSR count).